The van der Waals surface area contributed by atoms with Crippen LogP contribution in [0.25, 0.3) is 0 Å². The molecule has 5 nitrogen and oxygen atoms in total. The minimum atomic E-state index is -0.336. The SMILES string of the molecule is O=C(COc1ccccc1)OCCN1CCOCC1. The number of carbonyl (C=O) groups is 1. The second-order valence-electron chi connectivity index (χ2n) is 4.28. The van der Waals surface area contributed by atoms with E-state index in [1.165, 1.54) is 0 Å². The van der Waals surface area contributed by atoms with E-state index in [1.807, 2.05) is 18.2 Å². The van der Waals surface area contributed by atoms with Crippen molar-refractivity contribution >= 4 is 5.97 Å². The topological polar surface area (TPSA) is 48.0 Å². The molecule has 0 unspecified atom stereocenters. The Hall–Kier alpha value is -1.59. The summed E-state index contributed by atoms with van der Waals surface area (Å²) in [6.07, 6.45) is 0. The molecular formula is C14H19NO4. The molecule has 0 amide bonds. The van der Waals surface area contributed by atoms with Gasteiger partial charge in [0, 0.05) is 19.6 Å². The first-order valence-electron chi connectivity index (χ1n) is 6.48. The number of hydrogen-bond acceptors (Lipinski definition) is 5. The van der Waals surface area contributed by atoms with Crippen molar-refractivity contribution in [2.45, 2.75) is 0 Å². The van der Waals surface area contributed by atoms with Gasteiger partial charge in [-0.3, -0.25) is 4.90 Å². The molecule has 1 fully saturated rings. The largest absolute Gasteiger partial charge is 0.482 e. The van der Waals surface area contributed by atoms with Gasteiger partial charge in [-0.05, 0) is 12.1 Å². The first-order chi connectivity index (χ1) is 9.34. The number of benzene rings is 1. The Morgan fingerprint density at radius 3 is 2.68 bits per heavy atom. The van der Waals surface area contributed by atoms with Crippen LogP contribution in [-0.2, 0) is 14.3 Å². The van der Waals surface area contributed by atoms with Gasteiger partial charge < -0.3 is 14.2 Å². The highest BCUT2D eigenvalue weighted by atomic mass is 16.6. The van der Waals surface area contributed by atoms with E-state index in [0.29, 0.717) is 12.4 Å². The number of ether oxygens (including phenoxy) is 3. The van der Waals surface area contributed by atoms with E-state index in [2.05, 4.69) is 4.90 Å². The van der Waals surface area contributed by atoms with Crippen molar-refractivity contribution in [2.24, 2.45) is 0 Å². The van der Waals surface area contributed by atoms with Crippen LogP contribution in [0.5, 0.6) is 5.75 Å². The van der Waals surface area contributed by atoms with Gasteiger partial charge >= 0.3 is 5.97 Å². The van der Waals surface area contributed by atoms with Crippen LogP contribution in [-0.4, -0.2) is 56.9 Å². The molecule has 1 aliphatic heterocycles. The van der Waals surface area contributed by atoms with Crippen molar-refractivity contribution in [3.63, 3.8) is 0 Å². The lowest BCUT2D eigenvalue weighted by atomic mass is 10.3. The summed E-state index contributed by atoms with van der Waals surface area (Å²) in [4.78, 5) is 13.7. The molecule has 2 rings (SSSR count). The molecule has 104 valence electrons. The second-order valence-corrected chi connectivity index (χ2v) is 4.28. The zero-order valence-electron chi connectivity index (χ0n) is 10.9. The van der Waals surface area contributed by atoms with Gasteiger partial charge in [-0.1, -0.05) is 18.2 Å². The highest BCUT2D eigenvalue weighted by molar-refractivity contribution is 5.71. The first-order valence-corrected chi connectivity index (χ1v) is 6.48. The summed E-state index contributed by atoms with van der Waals surface area (Å²) in [6, 6.07) is 9.23. The van der Waals surface area contributed by atoms with E-state index >= 15 is 0 Å². The van der Waals surface area contributed by atoms with Crippen LogP contribution < -0.4 is 4.74 Å². The molecule has 0 spiro atoms. The Morgan fingerprint density at radius 1 is 1.21 bits per heavy atom. The average Bonchev–Trinajstić information content (AvgIpc) is 2.47. The van der Waals surface area contributed by atoms with E-state index in [-0.39, 0.29) is 12.6 Å². The van der Waals surface area contributed by atoms with Gasteiger partial charge in [-0.2, -0.15) is 0 Å². The van der Waals surface area contributed by atoms with Crippen LogP contribution in [0.4, 0.5) is 0 Å². The van der Waals surface area contributed by atoms with Gasteiger partial charge in [0.25, 0.3) is 0 Å². The van der Waals surface area contributed by atoms with Crippen molar-refractivity contribution in [1.29, 1.82) is 0 Å². The van der Waals surface area contributed by atoms with Gasteiger partial charge in [-0.15, -0.1) is 0 Å². The van der Waals surface area contributed by atoms with E-state index in [0.717, 1.165) is 32.8 Å². The van der Waals surface area contributed by atoms with Crippen LogP contribution in [0.2, 0.25) is 0 Å². The molecule has 0 bridgehead atoms. The van der Waals surface area contributed by atoms with Crippen molar-refractivity contribution in [1.82, 2.24) is 4.90 Å². The van der Waals surface area contributed by atoms with Gasteiger partial charge in [0.1, 0.15) is 12.4 Å². The fourth-order valence-electron chi connectivity index (χ4n) is 1.81. The number of esters is 1. The van der Waals surface area contributed by atoms with Crippen LogP contribution in [0.1, 0.15) is 0 Å². The normalized spacial score (nSPS) is 16.0. The molecular weight excluding hydrogens is 246 g/mol. The molecule has 0 aromatic heterocycles. The van der Waals surface area contributed by atoms with Crippen molar-refractivity contribution < 1.29 is 19.0 Å². The number of rotatable bonds is 6. The van der Waals surface area contributed by atoms with E-state index < -0.39 is 0 Å². The zero-order valence-corrected chi connectivity index (χ0v) is 10.9. The summed E-state index contributed by atoms with van der Waals surface area (Å²) >= 11 is 0. The number of nitrogens with zero attached hydrogens (tertiary/aromatic N) is 1. The number of morpholine rings is 1. The molecule has 0 saturated carbocycles. The van der Waals surface area contributed by atoms with Crippen molar-refractivity contribution in [3.8, 4) is 5.75 Å². The first kappa shape index (κ1) is 13.8. The number of para-hydroxylation sites is 1. The molecule has 1 saturated heterocycles. The molecule has 1 aromatic rings. The predicted octanol–water partition coefficient (Wildman–Crippen LogP) is 0.941. The summed E-state index contributed by atoms with van der Waals surface area (Å²) < 4.78 is 15.7. The lowest BCUT2D eigenvalue weighted by Gasteiger charge is -2.26. The Kier molecular flexibility index (Phi) is 5.65. The highest BCUT2D eigenvalue weighted by Gasteiger charge is 2.11. The van der Waals surface area contributed by atoms with Gasteiger partial charge in [0.05, 0.1) is 13.2 Å². The van der Waals surface area contributed by atoms with E-state index in [4.69, 9.17) is 14.2 Å². The zero-order chi connectivity index (χ0) is 13.3. The fourth-order valence-corrected chi connectivity index (χ4v) is 1.81. The summed E-state index contributed by atoms with van der Waals surface area (Å²) in [5.41, 5.74) is 0. The van der Waals surface area contributed by atoms with Crippen molar-refractivity contribution in [3.05, 3.63) is 30.3 Å². The lowest BCUT2D eigenvalue weighted by Crippen LogP contribution is -2.38. The third-order valence-electron chi connectivity index (χ3n) is 2.87. The molecule has 1 aliphatic rings. The van der Waals surface area contributed by atoms with Gasteiger partial charge in [0.15, 0.2) is 6.61 Å². The molecule has 0 radical (unpaired) electrons. The quantitative estimate of drug-likeness (QED) is 0.716. The summed E-state index contributed by atoms with van der Waals surface area (Å²) in [7, 11) is 0. The van der Waals surface area contributed by atoms with Crippen molar-refractivity contribution in [2.75, 3.05) is 46.1 Å². The van der Waals surface area contributed by atoms with Crippen LogP contribution in [0, 0.1) is 0 Å². The maximum Gasteiger partial charge on any atom is 0.344 e. The fraction of sp³-hybridized carbons (Fsp3) is 0.500. The minimum absolute atomic E-state index is 0.0485. The molecule has 19 heavy (non-hydrogen) atoms. The maximum absolute atomic E-state index is 11.5. The Bertz CT molecular complexity index is 376. The number of carbonyl (C=O) groups excluding carboxylic acids is 1. The van der Waals surface area contributed by atoms with Crippen LogP contribution in [0.3, 0.4) is 0 Å². The third-order valence-corrected chi connectivity index (χ3v) is 2.87. The Balaban J connectivity index is 1.57. The lowest BCUT2D eigenvalue weighted by molar-refractivity contribution is -0.146. The molecule has 0 atom stereocenters. The minimum Gasteiger partial charge on any atom is -0.482 e. The monoisotopic (exact) mass is 265 g/mol. The summed E-state index contributed by atoms with van der Waals surface area (Å²) in [6.45, 7) is 4.41. The third kappa shape index (κ3) is 5.28. The molecule has 1 aromatic carbocycles. The molecule has 5 heteroatoms. The van der Waals surface area contributed by atoms with Crippen LogP contribution >= 0.6 is 0 Å². The second kappa shape index (κ2) is 7.76. The van der Waals surface area contributed by atoms with E-state index in [1.54, 1.807) is 12.1 Å². The molecule has 0 aliphatic carbocycles. The molecule has 0 N–H and O–H groups in total. The Labute approximate surface area is 113 Å². The average molecular weight is 265 g/mol. The molecule has 1 heterocycles. The standard InChI is InChI=1S/C14H19NO4/c16-14(12-19-13-4-2-1-3-5-13)18-11-8-15-6-9-17-10-7-15/h1-5H,6-12H2. The van der Waals surface area contributed by atoms with Crippen LogP contribution in [0.15, 0.2) is 30.3 Å². The highest BCUT2D eigenvalue weighted by Crippen LogP contribution is 2.07. The van der Waals surface area contributed by atoms with E-state index in [9.17, 15) is 4.79 Å². The predicted molar refractivity (Wildman–Crippen MR) is 70.2 cm³/mol. The summed E-state index contributed by atoms with van der Waals surface area (Å²) in [5.74, 6) is 0.338. The number of hydrogen-bond donors (Lipinski definition) is 0. The van der Waals surface area contributed by atoms with Gasteiger partial charge in [0.2, 0.25) is 0 Å². The van der Waals surface area contributed by atoms with Gasteiger partial charge in [-0.25, -0.2) is 4.79 Å². The maximum atomic E-state index is 11.5. The smallest absolute Gasteiger partial charge is 0.344 e. The Morgan fingerprint density at radius 2 is 1.95 bits per heavy atom. The summed E-state index contributed by atoms with van der Waals surface area (Å²) in [5, 5.41) is 0.